The molecule has 2 aliphatic heterocycles. The maximum absolute atomic E-state index is 13.1. The molecule has 9 nitrogen and oxygen atoms in total. The van der Waals surface area contributed by atoms with E-state index < -0.39 is 5.54 Å². The highest BCUT2D eigenvalue weighted by atomic mass is 16.2. The zero-order valence-electron chi connectivity index (χ0n) is 17.1. The number of likely N-dealkylation sites (N-methyl/N-ethyl adjacent to an activating group) is 1. The van der Waals surface area contributed by atoms with Crippen molar-refractivity contribution in [3.8, 4) is 0 Å². The van der Waals surface area contributed by atoms with E-state index in [9.17, 15) is 14.4 Å². The maximum Gasteiger partial charge on any atom is 0.327 e. The topological polar surface area (TPSA) is 91.1 Å². The third-order valence-electron chi connectivity index (χ3n) is 6.30. The molecule has 4 heterocycles. The van der Waals surface area contributed by atoms with E-state index in [1.54, 1.807) is 28.1 Å². The second-order valence-corrected chi connectivity index (χ2v) is 7.98. The number of benzene rings is 1. The number of piperidine rings is 1. The van der Waals surface area contributed by atoms with Gasteiger partial charge in [0.05, 0.1) is 6.20 Å². The number of urea groups is 1. The predicted octanol–water partition coefficient (Wildman–Crippen LogP) is 1.80. The quantitative estimate of drug-likeness (QED) is 0.605. The summed E-state index contributed by atoms with van der Waals surface area (Å²) in [7, 11) is 1.53. The molecule has 0 aliphatic carbocycles. The summed E-state index contributed by atoms with van der Waals surface area (Å²) in [5.41, 5.74) is 1.04. The lowest BCUT2D eigenvalue weighted by molar-refractivity contribution is -0.134. The summed E-state index contributed by atoms with van der Waals surface area (Å²) in [4.78, 5) is 47.9. The third kappa shape index (κ3) is 2.96. The van der Waals surface area contributed by atoms with Crippen LogP contribution in [0.1, 0.15) is 28.9 Å². The molecule has 0 N–H and O–H groups in total. The molecule has 2 aliphatic rings. The average Bonchev–Trinajstić information content (AvgIpc) is 3.31. The van der Waals surface area contributed by atoms with Crippen LogP contribution in [0.4, 0.5) is 4.79 Å². The monoisotopic (exact) mass is 418 g/mol. The van der Waals surface area contributed by atoms with E-state index in [1.807, 2.05) is 30.3 Å². The lowest BCUT2D eigenvalue weighted by atomic mass is 9.85. The molecule has 0 saturated carbocycles. The highest BCUT2D eigenvalue weighted by molar-refractivity contribution is 6.07. The van der Waals surface area contributed by atoms with Gasteiger partial charge in [-0.3, -0.25) is 14.5 Å². The molecule has 31 heavy (non-hydrogen) atoms. The highest BCUT2D eigenvalue weighted by Gasteiger charge is 2.57. The van der Waals surface area contributed by atoms with E-state index in [0.29, 0.717) is 43.8 Å². The van der Waals surface area contributed by atoms with Gasteiger partial charge in [0.15, 0.2) is 11.3 Å². The Kier molecular flexibility index (Phi) is 4.46. The SMILES string of the molecule is CN1C(=O)N(Cc2ccccc2)C2(CCN(C(=O)c3cnc4cccnn34)CC2)C1=O. The summed E-state index contributed by atoms with van der Waals surface area (Å²) in [6, 6.07) is 12.9. The molecule has 2 fully saturated rings. The lowest BCUT2D eigenvalue weighted by Gasteiger charge is -2.42. The van der Waals surface area contributed by atoms with E-state index in [2.05, 4.69) is 10.1 Å². The van der Waals surface area contributed by atoms with Crippen molar-refractivity contribution in [1.82, 2.24) is 29.3 Å². The van der Waals surface area contributed by atoms with Crippen LogP contribution in [0, 0.1) is 0 Å². The molecule has 5 rings (SSSR count). The van der Waals surface area contributed by atoms with Crippen LogP contribution in [-0.2, 0) is 11.3 Å². The first kappa shape index (κ1) is 19.2. The van der Waals surface area contributed by atoms with E-state index in [0.717, 1.165) is 5.56 Å². The summed E-state index contributed by atoms with van der Waals surface area (Å²) < 4.78 is 1.52. The fraction of sp³-hybridized carbons (Fsp3) is 0.318. The first-order valence-electron chi connectivity index (χ1n) is 10.2. The number of fused-ring (bicyclic) bond motifs is 1. The van der Waals surface area contributed by atoms with Gasteiger partial charge in [0.2, 0.25) is 0 Å². The number of carbonyl (C=O) groups is 3. The molecule has 1 aromatic carbocycles. The fourth-order valence-corrected chi connectivity index (χ4v) is 4.56. The molecule has 0 radical (unpaired) electrons. The van der Waals surface area contributed by atoms with E-state index in [4.69, 9.17) is 0 Å². The van der Waals surface area contributed by atoms with Crippen molar-refractivity contribution in [3.05, 3.63) is 66.1 Å². The molecule has 2 saturated heterocycles. The number of hydrogen-bond acceptors (Lipinski definition) is 5. The van der Waals surface area contributed by atoms with Crippen LogP contribution in [0.2, 0.25) is 0 Å². The van der Waals surface area contributed by atoms with E-state index in [-0.39, 0.29) is 17.8 Å². The molecule has 3 aromatic rings. The zero-order valence-corrected chi connectivity index (χ0v) is 17.1. The van der Waals surface area contributed by atoms with Crippen molar-refractivity contribution in [2.75, 3.05) is 20.1 Å². The van der Waals surface area contributed by atoms with Crippen molar-refractivity contribution >= 4 is 23.5 Å². The number of likely N-dealkylation sites (tertiary alicyclic amines) is 1. The van der Waals surface area contributed by atoms with Crippen LogP contribution in [-0.4, -0.2) is 72.8 Å². The molecular formula is C22H22N6O3. The molecule has 2 aromatic heterocycles. The minimum absolute atomic E-state index is 0.180. The predicted molar refractivity (Wildman–Crippen MR) is 111 cm³/mol. The van der Waals surface area contributed by atoms with Crippen molar-refractivity contribution in [2.24, 2.45) is 0 Å². The summed E-state index contributed by atoms with van der Waals surface area (Å²) >= 11 is 0. The van der Waals surface area contributed by atoms with Crippen LogP contribution in [0.5, 0.6) is 0 Å². The molecule has 0 unspecified atom stereocenters. The first-order chi connectivity index (χ1) is 15.0. The lowest BCUT2D eigenvalue weighted by Crippen LogP contribution is -2.57. The van der Waals surface area contributed by atoms with Crippen LogP contribution in [0.3, 0.4) is 0 Å². The van der Waals surface area contributed by atoms with Crippen LogP contribution < -0.4 is 0 Å². The van der Waals surface area contributed by atoms with Gasteiger partial charge in [0, 0.05) is 32.9 Å². The van der Waals surface area contributed by atoms with Gasteiger partial charge >= 0.3 is 6.03 Å². The highest BCUT2D eigenvalue weighted by Crippen LogP contribution is 2.38. The molecule has 1 spiro atoms. The van der Waals surface area contributed by atoms with Gasteiger partial charge in [-0.25, -0.2) is 14.3 Å². The van der Waals surface area contributed by atoms with Gasteiger partial charge in [-0.05, 0) is 30.5 Å². The first-order valence-corrected chi connectivity index (χ1v) is 10.2. The normalized spacial score (nSPS) is 18.4. The Bertz CT molecular complexity index is 1170. The Balaban J connectivity index is 1.38. The Morgan fingerprint density at radius 1 is 1.06 bits per heavy atom. The summed E-state index contributed by atoms with van der Waals surface area (Å²) in [6.07, 6.45) is 3.92. The Morgan fingerprint density at radius 2 is 1.81 bits per heavy atom. The summed E-state index contributed by atoms with van der Waals surface area (Å²) in [5.74, 6) is -0.377. The van der Waals surface area contributed by atoms with Gasteiger partial charge in [0.25, 0.3) is 11.8 Å². The third-order valence-corrected chi connectivity index (χ3v) is 6.30. The van der Waals surface area contributed by atoms with E-state index >= 15 is 0 Å². The van der Waals surface area contributed by atoms with Gasteiger partial charge < -0.3 is 9.80 Å². The molecule has 158 valence electrons. The molecule has 9 heteroatoms. The summed E-state index contributed by atoms with van der Waals surface area (Å²) in [6.45, 7) is 1.11. The van der Waals surface area contributed by atoms with Crippen LogP contribution >= 0.6 is 0 Å². The van der Waals surface area contributed by atoms with Crippen molar-refractivity contribution < 1.29 is 14.4 Å². The van der Waals surface area contributed by atoms with Gasteiger partial charge in [0.1, 0.15) is 5.54 Å². The maximum atomic E-state index is 13.1. The van der Waals surface area contributed by atoms with Gasteiger partial charge in [-0.15, -0.1) is 0 Å². The minimum atomic E-state index is -0.920. The molecule has 0 bridgehead atoms. The van der Waals surface area contributed by atoms with Crippen LogP contribution in [0.25, 0.3) is 5.65 Å². The van der Waals surface area contributed by atoms with Gasteiger partial charge in [-0.2, -0.15) is 5.10 Å². The second-order valence-electron chi connectivity index (χ2n) is 7.98. The number of nitrogens with zero attached hydrogens (tertiary/aromatic N) is 6. The molecule has 0 atom stereocenters. The van der Waals surface area contributed by atoms with Crippen molar-refractivity contribution in [1.29, 1.82) is 0 Å². The standard InChI is InChI=1S/C22H22N6O3/c1-25-20(30)22(27(21(25)31)15-16-6-3-2-4-7-16)9-12-26(13-10-22)19(29)17-14-23-18-8-5-11-24-28(17)18/h2-8,11,14H,9-10,12-13,15H2,1H3. The number of imide groups is 1. The van der Waals surface area contributed by atoms with Gasteiger partial charge in [-0.1, -0.05) is 30.3 Å². The Morgan fingerprint density at radius 3 is 2.55 bits per heavy atom. The largest absolute Gasteiger partial charge is 0.337 e. The number of rotatable bonds is 3. The smallest absolute Gasteiger partial charge is 0.327 e. The van der Waals surface area contributed by atoms with E-state index in [1.165, 1.54) is 22.7 Å². The number of carbonyl (C=O) groups excluding carboxylic acids is 3. The fourth-order valence-electron chi connectivity index (χ4n) is 4.56. The Labute approximate surface area is 178 Å². The molecule has 4 amide bonds. The number of aromatic nitrogens is 3. The minimum Gasteiger partial charge on any atom is -0.337 e. The molecular weight excluding hydrogens is 396 g/mol. The van der Waals surface area contributed by atoms with Crippen LogP contribution in [0.15, 0.2) is 54.9 Å². The Hall–Kier alpha value is -3.75. The number of imidazole rings is 1. The summed E-state index contributed by atoms with van der Waals surface area (Å²) in [5, 5.41) is 4.21. The zero-order chi connectivity index (χ0) is 21.6. The number of hydrogen-bond donors (Lipinski definition) is 0. The average molecular weight is 418 g/mol. The second kappa shape index (κ2) is 7.19. The van der Waals surface area contributed by atoms with Crippen molar-refractivity contribution in [3.63, 3.8) is 0 Å². The number of amides is 4. The van der Waals surface area contributed by atoms with Crippen molar-refractivity contribution in [2.45, 2.75) is 24.9 Å².